The summed E-state index contributed by atoms with van der Waals surface area (Å²) in [6.07, 6.45) is 0.375. The van der Waals surface area contributed by atoms with E-state index < -0.39 is 48.5 Å². The van der Waals surface area contributed by atoms with Gasteiger partial charge >= 0.3 is 11.9 Å². The Morgan fingerprint density at radius 1 is 0.914 bits per heavy atom. The first-order valence-electron chi connectivity index (χ1n) is 11.9. The second-order valence-electron chi connectivity index (χ2n) is 8.41. The zero-order chi connectivity index (χ0) is 27.0. The molecule has 202 valence electrons. The predicted octanol–water partition coefficient (Wildman–Crippen LogP) is 0.385. The summed E-state index contributed by atoms with van der Waals surface area (Å²) in [5.74, 6) is -2.46. The number of ether oxygens (including phenoxy) is 2. The van der Waals surface area contributed by atoms with Gasteiger partial charge in [-0.25, -0.2) is 0 Å². The van der Waals surface area contributed by atoms with Crippen molar-refractivity contribution in [3.63, 3.8) is 0 Å². The average molecular weight is 520 g/mol. The van der Waals surface area contributed by atoms with Crippen molar-refractivity contribution in [1.29, 1.82) is 0 Å². The molecule has 0 aliphatic heterocycles. The predicted molar refractivity (Wildman–Crippen MR) is 132 cm³/mol. The fourth-order valence-corrected chi connectivity index (χ4v) is 3.69. The number of thioether (sulfide) groups is 1. The van der Waals surface area contributed by atoms with Crippen molar-refractivity contribution in [3.8, 4) is 0 Å². The van der Waals surface area contributed by atoms with E-state index in [1.165, 1.54) is 18.7 Å². The lowest BCUT2D eigenvalue weighted by atomic mass is 10.1. The molecule has 11 nitrogen and oxygen atoms in total. The third-order valence-corrected chi connectivity index (χ3v) is 6.08. The van der Waals surface area contributed by atoms with Crippen molar-refractivity contribution in [2.45, 2.75) is 72.6 Å². The van der Waals surface area contributed by atoms with Crippen LogP contribution in [0.25, 0.3) is 0 Å². The van der Waals surface area contributed by atoms with Gasteiger partial charge in [0.05, 0.1) is 25.0 Å². The maximum absolute atomic E-state index is 12.7. The molecule has 0 bridgehead atoms. The SMILES string of the molecule is CCNC(=O)C(CO)NC(=O)C(CSCC(CCOC(=O)C(C)CC)OC(=O)C(C)C)NC(C)=O. The molecule has 0 saturated heterocycles. The molecule has 0 aliphatic carbocycles. The van der Waals surface area contributed by atoms with E-state index in [4.69, 9.17) is 9.47 Å². The van der Waals surface area contributed by atoms with Crippen molar-refractivity contribution >= 4 is 41.4 Å². The van der Waals surface area contributed by atoms with Gasteiger partial charge in [-0.15, -0.1) is 0 Å². The highest BCUT2D eigenvalue weighted by Gasteiger charge is 2.26. The van der Waals surface area contributed by atoms with Crippen LogP contribution in [0, 0.1) is 11.8 Å². The molecule has 0 heterocycles. The molecular weight excluding hydrogens is 478 g/mol. The van der Waals surface area contributed by atoms with Crippen LogP contribution in [-0.2, 0) is 33.4 Å². The van der Waals surface area contributed by atoms with Gasteiger partial charge < -0.3 is 30.5 Å². The Morgan fingerprint density at radius 2 is 1.57 bits per heavy atom. The average Bonchev–Trinajstić information content (AvgIpc) is 2.80. The molecular formula is C23H41N3O8S. The highest BCUT2D eigenvalue weighted by Crippen LogP contribution is 2.14. The summed E-state index contributed by atoms with van der Waals surface area (Å²) in [5, 5.41) is 16.9. The van der Waals surface area contributed by atoms with E-state index in [0.29, 0.717) is 18.7 Å². The summed E-state index contributed by atoms with van der Waals surface area (Å²) in [5.41, 5.74) is 0. The number of esters is 2. The van der Waals surface area contributed by atoms with E-state index in [0.717, 1.165) is 0 Å². The quantitative estimate of drug-likeness (QED) is 0.199. The van der Waals surface area contributed by atoms with Crippen molar-refractivity contribution in [2.75, 3.05) is 31.3 Å². The summed E-state index contributed by atoms with van der Waals surface area (Å²) >= 11 is 1.26. The van der Waals surface area contributed by atoms with Gasteiger partial charge in [0.2, 0.25) is 17.7 Å². The number of hydrogen-bond donors (Lipinski definition) is 4. The van der Waals surface area contributed by atoms with E-state index in [2.05, 4.69) is 16.0 Å². The number of nitrogens with one attached hydrogen (secondary N) is 3. The Balaban J connectivity index is 5.08. The minimum Gasteiger partial charge on any atom is -0.465 e. The summed E-state index contributed by atoms with van der Waals surface area (Å²) in [7, 11) is 0. The van der Waals surface area contributed by atoms with Crippen LogP contribution in [0.1, 0.15) is 54.4 Å². The normalized spacial score (nSPS) is 14.3. The van der Waals surface area contributed by atoms with Crippen molar-refractivity contribution in [3.05, 3.63) is 0 Å². The fourth-order valence-electron chi connectivity index (χ4n) is 2.59. The lowest BCUT2D eigenvalue weighted by molar-refractivity contribution is -0.154. The zero-order valence-electron chi connectivity index (χ0n) is 21.5. The minimum atomic E-state index is -1.15. The van der Waals surface area contributed by atoms with Gasteiger partial charge in [0, 0.05) is 31.4 Å². The van der Waals surface area contributed by atoms with Crippen LogP contribution in [-0.4, -0.2) is 84.2 Å². The molecule has 4 atom stereocenters. The molecule has 0 aliphatic rings. The molecule has 4 N–H and O–H groups in total. The highest BCUT2D eigenvalue weighted by molar-refractivity contribution is 7.99. The molecule has 0 spiro atoms. The lowest BCUT2D eigenvalue weighted by Gasteiger charge is -2.23. The number of likely N-dealkylation sites (N-methyl/N-ethyl adjacent to an activating group) is 1. The van der Waals surface area contributed by atoms with Crippen LogP contribution >= 0.6 is 11.8 Å². The summed E-state index contributed by atoms with van der Waals surface area (Å²) in [4.78, 5) is 60.2. The first kappa shape index (κ1) is 32.7. The van der Waals surface area contributed by atoms with Gasteiger partial charge in [-0.05, 0) is 13.3 Å². The van der Waals surface area contributed by atoms with Crippen molar-refractivity contribution < 1.29 is 38.6 Å². The molecule has 0 aromatic carbocycles. The number of carbonyl (C=O) groups excluding carboxylic acids is 5. The Morgan fingerprint density at radius 3 is 2.09 bits per heavy atom. The molecule has 4 unspecified atom stereocenters. The van der Waals surface area contributed by atoms with E-state index in [1.54, 1.807) is 27.7 Å². The van der Waals surface area contributed by atoms with E-state index in [1.807, 2.05) is 6.92 Å². The van der Waals surface area contributed by atoms with Crippen LogP contribution in [0.4, 0.5) is 0 Å². The van der Waals surface area contributed by atoms with Gasteiger partial charge in [0.25, 0.3) is 0 Å². The second kappa shape index (κ2) is 18.0. The molecule has 0 radical (unpaired) electrons. The highest BCUT2D eigenvalue weighted by atomic mass is 32.2. The largest absolute Gasteiger partial charge is 0.465 e. The lowest BCUT2D eigenvalue weighted by Crippen LogP contribution is -2.55. The summed E-state index contributed by atoms with van der Waals surface area (Å²) < 4.78 is 10.8. The number of hydrogen-bond acceptors (Lipinski definition) is 9. The van der Waals surface area contributed by atoms with Crippen LogP contribution in [0.5, 0.6) is 0 Å². The molecule has 0 saturated carbocycles. The Labute approximate surface area is 211 Å². The number of aliphatic hydroxyl groups is 1. The molecule has 35 heavy (non-hydrogen) atoms. The summed E-state index contributed by atoms with van der Waals surface area (Å²) in [6, 6.07) is -2.13. The molecule has 12 heteroatoms. The third-order valence-electron chi connectivity index (χ3n) is 4.90. The topological polar surface area (TPSA) is 160 Å². The third kappa shape index (κ3) is 14.0. The van der Waals surface area contributed by atoms with Crippen LogP contribution in [0.15, 0.2) is 0 Å². The number of rotatable bonds is 17. The second-order valence-corrected chi connectivity index (χ2v) is 9.48. The van der Waals surface area contributed by atoms with Crippen molar-refractivity contribution in [2.24, 2.45) is 11.8 Å². The minimum absolute atomic E-state index is 0.0834. The van der Waals surface area contributed by atoms with Gasteiger partial charge in [0.1, 0.15) is 18.2 Å². The Bertz CT molecular complexity index is 704. The number of carbonyl (C=O) groups is 5. The maximum Gasteiger partial charge on any atom is 0.308 e. The van der Waals surface area contributed by atoms with Gasteiger partial charge in [-0.3, -0.25) is 24.0 Å². The Kier molecular flexibility index (Phi) is 16.8. The molecule has 0 aromatic heterocycles. The Hall–Kier alpha value is -2.34. The van der Waals surface area contributed by atoms with E-state index in [-0.39, 0.29) is 36.6 Å². The van der Waals surface area contributed by atoms with Gasteiger partial charge in [0.15, 0.2) is 0 Å². The first-order chi connectivity index (χ1) is 16.5. The van der Waals surface area contributed by atoms with Crippen LogP contribution in [0.2, 0.25) is 0 Å². The maximum atomic E-state index is 12.7. The molecule has 0 rings (SSSR count). The van der Waals surface area contributed by atoms with Crippen LogP contribution in [0.3, 0.4) is 0 Å². The zero-order valence-corrected chi connectivity index (χ0v) is 22.4. The monoisotopic (exact) mass is 519 g/mol. The molecule has 0 aromatic rings. The van der Waals surface area contributed by atoms with Crippen molar-refractivity contribution in [1.82, 2.24) is 16.0 Å². The standard InChI is InChI=1S/C23H41N3O8S/c1-7-15(5)23(32)33-10-9-17(34-22(31)14(3)4)12-35-13-19(25-16(6)28)21(30)26-18(11-27)20(29)24-8-2/h14-15,17-19,27H,7-13H2,1-6H3,(H,24,29)(H,25,28)(H,26,30). The number of amides is 3. The van der Waals surface area contributed by atoms with Crippen LogP contribution < -0.4 is 16.0 Å². The van der Waals surface area contributed by atoms with Gasteiger partial charge in [-0.2, -0.15) is 11.8 Å². The van der Waals surface area contributed by atoms with E-state index >= 15 is 0 Å². The van der Waals surface area contributed by atoms with Gasteiger partial charge in [-0.1, -0.05) is 27.7 Å². The summed E-state index contributed by atoms with van der Waals surface area (Å²) in [6.45, 7) is 9.86. The first-order valence-corrected chi connectivity index (χ1v) is 13.0. The number of aliphatic hydroxyl groups excluding tert-OH is 1. The molecule has 0 fully saturated rings. The molecule has 3 amide bonds. The van der Waals surface area contributed by atoms with E-state index in [9.17, 15) is 29.1 Å². The smallest absolute Gasteiger partial charge is 0.308 e. The fraction of sp³-hybridized carbons (Fsp3) is 0.783.